The number of thiazole rings is 1. The smallest absolute Gasteiger partial charge is 0.123 e. The van der Waals surface area contributed by atoms with Crippen LogP contribution in [0.2, 0.25) is 0 Å². The van der Waals surface area contributed by atoms with Gasteiger partial charge in [-0.15, -0.1) is 11.3 Å². The van der Waals surface area contributed by atoms with Crippen molar-refractivity contribution < 1.29 is 9.47 Å². The number of nitriles is 1. The van der Waals surface area contributed by atoms with Gasteiger partial charge in [-0.1, -0.05) is 6.07 Å². The van der Waals surface area contributed by atoms with E-state index in [0.29, 0.717) is 18.8 Å². The molecule has 1 aliphatic rings. The molecule has 0 unspecified atom stereocenters. The zero-order valence-electron chi connectivity index (χ0n) is 13.1. The Morgan fingerprint density at radius 1 is 1.52 bits per heavy atom. The summed E-state index contributed by atoms with van der Waals surface area (Å²) in [6, 6.07) is 9.37. The number of nitrogens with zero attached hydrogens (tertiary/aromatic N) is 3. The fraction of sp³-hybridized carbons (Fsp3) is 0.412. The predicted octanol–water partition coefficient (Wildman–Crippen LogP) is 2.78. The van der Waals surface area contributed by atoms with Crippen LogP contribution in [0.4, 0.5) is 0 Å². The third-order valence-corrected chi connectivity index (χ3v) is 4.76. The van der Waals surface area contributed by atoms with Gasteiger partial charge >= 0.3 is 0 Å². The molecule has 1 aromatic heterocycles. The highest BCUT2D eigenvalue weighted by atomic mass is 32.1. The molecule has 0 radical (unpaired) electrons. The molecular weight excluding hydrogens is 310 g/mol. The Balaban J connectivity index is 1.49. The molecule has 1 aromatic carbocycles. The van der Waals surface area contributed by atoms with Crippen LogP contribution in [0.5, 0.6) is 5.75 Å². The average molecular weight is 329 g/mol. The van der Waals surface area contributed by atoms with Gasteiger partial charge in [0.05, 0.1) is 18.2 Å². The molecule has 120 valence electrons. The first-order chi connectivity index (χ1) is 11.2. The second-order valence-electron chi connectivity index (χ2n) is 5.48. The van der Waals surface area contributed by atoms with Gasteiger partial charge in [0.1, 0.15) is 23.5 Å². The molecule has 3 rings (SSSR count). The maximum absolute atomic E-state index is 8.90. The zero-order valence-corrected chi connectivity index (χ0v) is 13.9. The molecule has 2 heterocycles. The van der Waals surface area contributed by atoms with Crippen molar-refractivity contribution in [3.8, 4) is 11.8 Å². The van der Waals surface area contributed by atoms with Gasteiger partial charge in [-0.05, 0) is 25.1 Å². The molecule has 0 spiro atoms. The third kappa shape index (κ3) is 4.29. The van der Waals surface area contributed by atoms with Gasteiger partial charge in [0.15, 0.2) is 0 Å². The summed E-state index contributed by atoms with van der Waals surface area (Å²) in [6.45, 7) is 5.90. The van der Waals surface area contributed by atoms with Crippen molar-refractivity contribution in [2.45, 2.75) is 13.0 Å². The SMILES string of the molecule is Cc1csc([C@H]2CN(CCOc3cccc(C#N)c3)CCO2)n1. The van der Waals surface area contributed by atoms with Gasteiger partial charge in [-0.25, -0.2) is 4.98 Å². The van der Waals surface area contributed by atoms with Crippen LogP contribution in [0.3, 0.4) is 0 Å². The van der Waals surface area contributed by atoms with Crippen molar-refractivity contribution in [1.29, 1.82) is 5.26 Å². The average Bonchev–Trinajstić information content (AvgIpc) is 3.02. The lowest BCUT2D eigenvalue weighted by atomic mass is 10.2. The fourth-order valence-corrected chi connectivity index (χ4v) is 3.36. The number of hydrogen-bond acceptors (Lipinski definition) is 6. The van der Waals surface area contributed by atoms with E-state index in [1.54, 1.807) is 23.5 Å². The van der Waals surface area contributed by atoms with E-state index >= 15 is 0 Å². The molecule has 6 heteroatoms. The first-order valence-electron chi connectivity index (χ1n) is 7.63. The number of benzene rings is 1. The van der Waals surface area contributed by atoms with Gasteiger partial charge in [-0.3, -0.25) is 4.90 Å². The first kappa shape index (κ1) is 15.9. The number of morpholine rings is 1. The van der Waals surface area contributed by atoms with Crippen molar-refractivity contribution in [2.75, 3.05) is 32.8 Å². The van der Waals surface area contributed by atoms with E-state index in [0.717, 1.165) is 36.1 Å². The van der Waals surface area contributed by atoms with Gasteiger partial charge in [0, 0.05) is 30.7 Å². The largest absolute Gasteiger partial charge is 0.492 e. The van der Waals surface area contributed by atoms with E-state index in [9.17, 15) is 0 Å². The van der Waals surface area contributed by atoms with Crippen LogP contribution < -0.4 is 4.74 Å². The van der Waals surface area contributed by atoms with Gasteiger partial charge in [-0.2, -0.15) is 5.26 Å². The second-order valence-corrected chi connectivity index (χ2v) is 6.36. The summed E-state index contributed by atoms with van der Waals surface area (Å²) in [5.41, 5.74) is 1.67. The quantitative estimate of drug-likeness (QED) is 0.844. The fourth-order valence-electron chi connectivity index (χ4n) is 2.52. The minimum Gasteiger partial charge on any atom is -0.492 e. The molecular formula is C17H19N3O2S. The summed E-state index contributed by atoms with van der Waals surface area (Å²) >= 11 is 1.66. The highest BCUT2D eigenvalue weighted by molar-refractivity contribution is 7.09. The highest BCUT2D eigenvalue weighted by Crippen LogP contribution is 2.25. The van der Waals surface area contributed by atoms with Crippen LogP contribution in [0.25, 0.3) is 0 Å². The normalized spacial score (nSPS) is 18.5. The van der Waals surface area contributed by atoms with Crippen molar-refractivity contribution in [2.24, 2.45) is 0 Å². The van der Waals surface area contributed by atoms with Gasteiger partial charge < -0.3 is 9.47 Å². The Labute approximate surface area is 140 Å². The van der Waals surface area contributed by atoms with Crippen LogP contribution in [0, 0.1) is 18.3 Å². The second kappa shape index (κ2) is 7.55. The van der Waals surface area contributed by atoms with Crippen LogP contribution in [-0.2, 0) is 4.74 Å². The topological polar surface area (TPSA) is 58.4 Å². The summed E-state index contributed by atoms with van der Waals surface area (Å²) < 4.78 is 11.6. The summed E-state index contributed by atoms with van der Waals surface area (Å²) in [5.74, 6) is 0.740. The van der Waals surface area contributed by atoms with Crippen molar-refractivity contribution >= 4 is 11.3 Å². The molecule has 0 N–H and O–H groups in total. The first-order valence-corrected chi connectivity index (χ1v) is 8.51. The van der Waals surface area contributed by atoms with E-state index in [2.05, 4.69) is 21.3 Å². The molecule has 0 aliphatic carbocycles. The number of aromatic nitrogens is 1. The van der Waals surface area contributed by atoms with E-state index in [-0.39, 0.29) is 6.10 Å². The number of hydrogen-bond donors (Lipinski definition) is 0. The maximum Gasteiger partial charge on any atom is 0.123 e. The minimum absolute atomic E-state index is 0.0596. The maximum atomic E-state index is 8.90. The summed E-state index contributed by atoms with van der Waals surface area (Å²) in [6.07, 6.45) is 0.0596. The monoisotopic (exact) mass is 329 g/mol. The zero-order chi connectivity index (χ0) is 16.1. The van der Waals surface area contributed by atoms with E-state index in [4.69, 9.17) is 14.7 Å². The predicted molar refractivity (Wildman–Crippen MR) is 88.6 cm³/mol. The molecule has 1 aliphatic heterocycles. The molecule has 23 heavy (non-hydrogen) atoms. The Bertz CT molecular complexity index is 695. The van der Waals surface area contributed by atoms with Crippen molar-refractivity contribution in [3.05, 3.63) is 45.9 Å². The third-order valence-electron chi connectivity index (χ3n) is 3.70. The lowest BCUT2D eigenvalue weighted by molar-refractivity contribution is -0.0330. The van der Waals surface area contributed by atoms with Crippen molar-refractivity contribution in [3.63, 3.8) is 0 Å². The van der Waals surface area contributed by atoms with Crippen LogP contribution >= 0.6 is 11.3 Å². The van der Waals surface area contributed by atoms with Crippen LogP contribution in [-0.4, -0.2) is 42.7 Å². The molecule has 1 fully saturated rings. The number of ether oxygens (including phenoxy) is 2. The Hall–Kier alpha value is -1.94. The molecule has 2 aromatic rings. The lowest BCUT2D eigenvalue weighted by Crippen LogP contribution is -2.40. The standard InChI is InChI=1S/C17H19N3O2S/c1-13-12-23-17(19-13)16-11-20(6-8-22-16)5-7-21-15-4-2-3-14(9-15)10-18/h2-4,9,12,16H,5-8,11H2,1H3/t16-/m1/s1. The van der Waals surface area contributed by atoms with Crippen LogP contribution in [0.15, 0.2) is 29.6 Å². The highest BCUT2D eigenvalue weighted by Gasteiger charge is 2.24. The van der Waals surface area contributed by atoms with Gasteiger partial charge in [0.2, 0.25) is 0 Å². The Kier molecular flexibility index (Phi) is 5.23. The molecule has 1 atom stereocenters. The molecule has 0 amide bonds. The van der Waals surface area contributed by atoms with Crippen molar-refractivity contribution in [1.82, 2.24) is 9.88 Å². The van der Waals surface area contributed by atoms with E-state index in [1.165, 1.54) is 0 Å². The van der Waals surface area contributed by atoms with E-state index < -0.39 is 0 Å². The summed E-state index contributed by atoms with van der Waals surface area (Å²) in [7, 11) is 0. The Morgan fingerprint density at radius 3 is 3.22 bits per heavy atom. The molecule has 0 saturated carbocycles. The summed E-state index contributed by atoms with van der Waals surface area (Å²) in [4.78, 5) is 6.85. The minimum atomic E-state index is 0.0596. The number of aryl methyl sites for hydroxylation is 1. The Morgan fingerprint density at radius 2 is 2.43 bits per heavy atom. The lowest BCUT2D eigenvalue weighted by Gasteiger charge is -2.31. The molecule has 0 bridgehead atoms. The molecule has 1 saturated heterocycles. The van der Waals surface area contributed by atoms with Crippen LogP contribution in [0.1, 0.15) is 22.4 Å². The summed E-state index contributed by atoms with van der Waals surface area (Å²) in [5, 5.41) is 12.0. The van der Waals surface area contributed by atoms with E-state index in [1.807, 2.05) is 19.1 Å². The number of rotatable bonds is 5. The van der Waals surface area contributed by atoms with Gasteiger partial charge in [0.25, 0.3) is 0 Å². The molecule has 5 nitrogen and oxygen atoms in total.